The van der Waals surface area contributed by atoms with Crippen LogP contribution in [0.25, 0.3) is 0 Å². The van der Waals surface area contributed by atoms with Gasteiger partial charge in [0.05, 0.1) is 5.56 Å². The van der Waals surface area contributed by atoms with E-state index < -0.39 is 23.6 Å². The molecule has 152 valence electrons. The van der Waals surface area contributed by atoms with Crippen LogP contribution in [0.15, 0.2) is 28.7 Å². The molecule has 0 aliphatic heterocycles. The minimum Gasteiger partial charge on any atom is -0.351 e. The van der Waals surface area contributed by atoms with E-state index in [0.717, 1.165) is 37.8 Å². The van der Waals surface area contributed by atoms with Crippen LogP contribution >= 0.6 is 15.9 Å². The van der Waals surface area contributed by atoms with Crippen molar-refractivity contribution in [3.05, 3.63) is 40.0 Å². The van der Waals surface area contributed by atoms with Crippen LogP contribution in [-0.2, 0) is 12.4 Å². The molecule has 11 heteroatoms. The Morgan fingerprint density at radius 2 is 1.61 bits per heavy atom. The molecule has 1 aliphatic carbocycles. The third-order valence-electron chi connectivity index (χ3n) is 4.25. The number of anilines is 3. The van der Waals surface area contributed by atoms with Crippen molar-refractivity contribution in [2.24, 2.45) is 0 Å². The summed E-state index contributed by atoms with van der Waals surface area (Å²) in [6.07, 6.45) is -5.83. The van der Waals surface area contributed by atoms with Gasteiger partial charge in [-0.3, -0.25) is 0 Å². The first kappa shape index (κ1) is 20.7. The molecule has 1 aromatic carbocycles. The Labute approximate surface area is 164 Å². The Morgan fingerprint density at radius 3 is 2.21 bits per heavy atom. The van der Waals surface area contributed by atoms with E-state index in [2.05, 4.69) is 36.5 Å². The molecule has 28 heavy (non-hydrogen) atoms. The number of rotatable bonds is 4. The zero-order valence-corrected chi connectivity index (χ0v) is 15.8. The molecule has 1 aromatic heterocycles. The predicted octanol–water partition coefficient (Wildman–Crippen LogP) is 6.37. The molecule has 0 spiro atoms. The van der Waals surface area contributed by atoms with E-state index in [-0.39, 0.29) is 28.0 Å². The molecular formula is C17H15BrF6N4. The standard InChI is InChI=1S/C17H15BrF6N4/c18-12-6-5-10(7-11(12)16(19,20)21)25-14-8-13(17(22,23)24)27-15(28-14)26-9-3-1-2-4-9/h5-9H,1-4H2,(H2,25,26,27,28). The van der Waals surface area contributed by atoms with Crippen molar-refractivity contribution in [3.63, 3.8) is 0 Å². The Bertz CT molecular complexity index is 847. The van der Waals surface area contributed by atoms with Crippen molar-refractivity contribution in [2.45, 2.75) is 44.1 Å². The summed E-state index contributed by atoms with van der Waals surface area (Å²) in [5.74, 6) is -0.462. The summed E-state index contributed by atoms with van der Waals surface area (Å²) < 4.78 is 78.5. The van der Waals surface area contributed by atoms with Gasteiger partial charge in [-0.1, -0.05) is 28.8 Å². The lowest BCUT2D eigenvalue weighted by Gasteiger charge is -2.16. The van der Waals surface area contributed by atoms with Crippen molar-refractivity contribution >= 4 is 33.4 Å². The summed E-state index contributed by atoms with van der Waals surface area (Å²) in [5, 5.41) is 5.38. The van der Waals surface area contributed by atoms with Crippen molar-refractivity contribution in [3.8, 4) is 0 Å². The number of hydrogen-bond donors (Lipinski definition) is 2. The highest BCUT2D eigenvalue weighted by molar-refractivity contribution is 9.10. The SMILES string of the molecule is FC(F)(F)c1cc(Nc2ccc(Br)c(C(F)(F)F)c2)nc(NC2CCCC2)n1. The summed E-state index contributed by atoms with van der Waals surface area (Å²) >= 11 is 2.82. The number of alkyl halides is 6. The van der Waals surface area contributed by atoms with Crippen molar-refractivity contribution in [1.82, 2.24) is 9.97 Å². The first-order valence-corrected chi connectivity index (χ1v) is 9.18. The highest BCUT2D eigenvalue weighted by Crippen LogP contribution is 2.37. The largest absolute Gasteiger partial charge is 0.433 e. The summed E-state index contributed by atoms with van der Waals surface area (Å²) in [5.41, 5.74) is -2.18. The average molecular weight is 469 g/mol. The molecule has 1 aliphatic rings. The molecule has 0 bridgehead atoms. The summed E-state index contributed by atoms with van der Waals surface area (Å²) in [4.78, 5) is 7.50. The maximum atomic E-state index is 13.2. The van der Waals surface area contributed by atoms with Crippen LogP contribution in [0.5, 0.6) is 0 Å². The number of benzene rings is 1. The molecule has 0 amide bonds. The number of nitrogens with one attached hydrogen (secondary N) is 2. The van der Waals surface area contributed by atoms with E-state index in [4.69, 9.17) is 0 Å². The topological polar surface area (TPSA) is 49.8 Å². The lowest BCUT2D eigenvalue weighted by atomic mass is 10.2. The zero-order chi connectivity index (χ0) is 20.5. The van der Waals surface area contributed by atoms with E-state index in [9.17, 15) is 26.3 Å². The van der Waals surface area contributed by atoms with E-state index in [1.807, 2.05) is 0 Å². The van der Waals surface area contributed by atoms with Crippen molar-refractivity contribution < 1.29 is 26.3 Å². The van der Waals surface area contributed by atoms with Gasteiger partial charge >= 0.3 is 12.4 Å². The fourth-order valence-electron chi connectivity index (χ4n) is 2.94. The van der Waals surface area contributed by atoms with Gasteiger partial charge in [0.25, 0.3) is 0 Å². The highest BCUT2D eigenvalue weighted by Gasteiger charge is 2.35. The highest BCUT2D eigenvalue weighted by atomic mass is 79.9. The number of nitrogens with zero attached hydrogens (tertiary/aromatic N) is 2. The van der Waals surface area contributed by atoms with Crippen molar-refractivity contribution in [2.75, 3.05) is 10.6 Å². The quantitative estimate of drug-likeness (QED) is 0.511. The van der Waals surface area contributed by atoms with Crippen LogP contribution in [0.4, 0.5) is 43.8 Å². The first-order chi connectivity index (χ1) is 13.0. The van der Waals surface area contributed by atoms with Gasteiger partial charge in [-0.2, -0.15) is 31.3 Å². The van der Waals surface area contributed by atoms with Gasteiger partial charge in [0, 0.05) is 22.3 Å². The van der Waals surface area contributed by atoms with Gasteiger partial charge < -0.3 is 10.6 Å². The number of halogens is 7. The Hall–Kier alpha value is -2.04. The molecule has 1 heterocycles. The van der Waals surface area contributed by atoms with E-state index in [1.54, 1.807) is 0 Å². The number of aromatic nitrogens is 2. The fourth-order valence-corrected chi connectivity index (χ4v) is 3.41. The third kappa shape index (κ3) is 5.06. The van der Waals surface area contributed by atoms with E-state index >= 15 is 0 Å². The van der Waals surface area contributed by atoms with Crippen LogP contribution < -0.4 is 10.6 Å². The maximum absolute atomic E-state index is 13.2. The summed E-state index contributed by atoms with van der Waals surface area (Å²) in [6.45, 7) is 0. The molecule has 4 nitrogen and oxygen atoms in total. The fraction of sp³-hybridized carbons (Fsp3) is 0.412. The minimum absolute atomic E-state index is 0.0270. The normalized spacial score (nSPS) is 15.7. The molecule has 3 rings (SSSR count). The average Bonchev–Trinajstić information content (AvgIpc) is 3.07. The molecule has 1 fully saturated rings. The second-order valence-corrected chi connectivity index (χ2v) is 7.26. The second kappa shape index (κ2) is 7.76. The second-order valence-electron chi connectivity index (χ2n) is 6.40. The van der Waals surface area contributed by atoms with Gasteiger partial charge in [-0.25, -0.2) is 4.98 Å². The van der Waals surface area contributed by atoms with Gasteiger partial charge in [0.2, 0.25) is 5.95 Å². The maximum Gasteiger partial charge on any atom is 0.433 e. The van der Waals surface area contributed by atoms with Crippen LogP contribution in [0.2, 0.25) is 0 Å². The van der Waals surface area contributed by atoms with Crippen LogP contribution in [0, 0.1) is 0 Å². The third-order valence-corrected chi connectivity index (χ3v) is 4.94. The first-order valence-electron chi connectivity index (χ1n) is 8.39. The minimum atomic E-state index is -4.72. The molecule has 0 atom stereocenters. The molecule has 2 N–H and O–H groups in total. The van der Waals surface area contributed by atoms with E-state index in [1.165, 1.54) is 6.07 Å². The summed E-state index contributed by atoms with van der Waals surface area (Å²) in [6, 6.07) is 3.90. The predicted molar refractivity (Wildman–Crippen MR) is 95.3 cm³/mol. The van der Waals surface area contributed by atoms with E-state index in [0.29, 0.717) is 6.07 Å². The smallest absolute Gasteiger partial charge is 0.351 e. The van der Waals surface area contributed by atoms with Crippen LogP contribution in [0.3, 0.4) is 0 Å². The molecule has 1 saturated carbocycles. The van der Waals surface area contributed by atoms with Gasteiger partial charge in [-0.05, 0) is 31.0 Å². The van der Waals surface area contributed by atoms with Gasteiger partial charge in [0.1, 0.15) is 5.82 Å². The lowest BCUT2D eigenvalue weighted by Crippen LogP contribution is -2.19. The molecule has 0 unspecified atom stereocenters. The Morgan fingerprint density at radius 1 is 0.929 bits per heavy atom. The molecular weight excluding hydrogens is 454 g/mol. The Balaban J connectivity index is 1.92. The molecule has 0 saturated heterocycles. The molecule has 0 radical (unpaired) electrons. The number of hydrogen-bond acceptors (Lipinski definition) is 4. The zero-order valence-electron chi connectivity index (χ0n) is 14.3. The van der Waals surface area contributed by atoms with Crippen LogP contribution in [-0.4, -0.2) is 16.0 Å². The molecule has 2 aromatic rings. The van der Waals surface area contributed by atoms with Crippen molar-refractivity contribution in [1.29, 1.82) is 0 Å². The lowest BCUT2D eigenvalue weighted by molar-refractivity contribution is -0.141. The van der Waals surface area contributed by atoms with Gasteiger partial charge in [0.15, 0.2) is 5.69 Å². The summed E-state index contributed by atoms with van der Waals surface area (Å²) in [7, 11) is 0. The van der Waals surface area contributed by atoms with Gasteiger partial charge in [-0.15, -0.1) is 0 Å². The van der Waals surface area contributed by atoms with Crippen LogP contribution in [0.1, 0.15) is 36.9 Å². The Kier molecular flexibility index (Phi) is 5.74. The monoisotopic (exact) mass is 468 g/mol.